The van der Waals surface area contributed by atoms with E-state index in [1.54, 1.807) is 0 Å². The van der Waals surface area contributed by atoms with E-state index in [-0.39, 0.29) is 0 Å². The monoisotopic (exact) mass is 323 g/mol. The maximum Gasteiger partial charge on any atom is 0.203 e. The van der Waals surface area contributed by atoms with Gasteiger partial charge >= 0.3 is 0 Å². The Morgan fingerprint density at radius 2 is 1.92 bits per heavy atom. The van der Waals surface area contributed by atoms with Crippen LogP contribution < -0.4 is 9.80 Å². The van der Waals surface area contributed by atoms with Gasteiger partial charge in [-0.3, -0.25) is 4.40 Å². The summed E-state index contributed by atoms with van der Waals surface area (Å²) >= 11 is 0. The van der Waals surface area contributed by atoms with Gasteiger partial charge in [0.05, 0.1) is 0 Å². The zero-order valence-electron chi connectivity index (χ0n) is 14.0. The minimum Gasteiger partial charge on any atom is -0.357 e. The Labute approximate surface area is 141 Å². The average molecular weight is 323 g/mol. The fraction of sp³-hybridized carbons (Fsp3) is 0.412. The summed E-state index contributed by atoms with van der Waals surface area (Å²) in [6.45, 7) is 3.87. The van der Waals surface area contributed by atoms with Crippen LogP contribution in [0.25, 0.3) is 5.65 Å². The normalized spacial score (nSPS) is 15.8. The standard InChI is InChI=1S/C17H21N7/c1-13-20-21-17-16(19-9-12-24(13)17)23-10-6-14(7-11-23)22(2)15-5-3-4-8-18-15/h3-5,8-9,12,14H,6-7,10-11H2,1-2H3. The summed E-state index contributed by atoms with van der Waals surface area (Å²) in [5.74, 6) is 2.85. The van der Waals surface area contributed by atoms with Crippen molar-refractivity contribution in [2.24, 2.45) is 0 Å². The van der Waals surface area contributed by atoms with Crippen LogP contribution in [0.1, 0.15) is 18.7 Å². The fourth-order valence-corrected chi connectivity index (χ4v) is 3.37. The number of piperidine rings is 1. The molecule has 124 valence electrons. The van der Waals surface area contributed by atoms with Crippen LogP contribution in [0, 0.1) is 6.92 Å². The molecular formula is C17H21N7. The van der Waals surface area contributed by atoms with Crippen molar-refractivity contribution in [1.29, 1.82) is 0 Å². The topological polar surface area (TPSA) is 62.5 Å². The van der Waals surface area contributed by atoms with Crippen molar-refractivity contribution in [3.05, 3.63) is 42.6 Å². The molecule has 7 nitrogen and oxygen atoms in total. The molecule has 3 aromatic rings. The quantitative estimate of drug-likeness (QED) is 0.734. The third kappa shape index (κ3) is 2.55. The van der Waals surface area contributed by atoms with Crippen LogP contribution in [0.2, 0.25) is 0 Å². The van der Waals surface area contributed by atoms with E-state index in [1.165, 1.54) is 0 Å². The molecule has 4 rings (SSSR count). The van der Waals surface area contributed by atoms with Crippen molar-refractivity contribution >= 4 is 17.3 Å². The van der Waals surface area contributed by atoms with E-state index in [0.29, 0.717) is 6.04 Å². The van der Waals surface area contributed by atoms with Gasteiger partial charge in [0.15, 0.2) is 5.82 Å². The number of hydrogen-bond acceptors (Lipinski definition) is 6. The van der Waals surface area contributed by atoms with Crippen LogP contribution in [-0.4, -0.2) is 50.7 Å². The molecule has 1 fully saturated rings. The van der Waals surface area contributed by atoms with Crippen molar-refractivity contribution in [2.45, 2.75) is 25.8 Å². The first-order chi connectivity index (χ1) is 11.7. The van der Waals surface area contributed by atoms with Gasteiger partial charge in [-0.2, -0.15) is 0 Å². The van der Waals surface area contributed by atoms with Gasteiger partial charge in [0.1, 0.15) is 11.6 Å². The second-order valence-electron chi connectivity index (χ2n) is 6.21. The molecular weight excluding hydrogens is 302 g/mol. The zero-order chi connectivity index (χ0) is 16.5. The van der Waals surface area contributed by atoms with E-state index in [0.717, 1.165) is 49.0 Å². The molecule has 0 atom stereocenters. The molecule has 1 saturated heterocycles. The molecule has 1 aliphatic heterocycles. The molecule has 0 spiro atoms. The Hall–Kier alpha value is -2.70. The summed E-state index contributed by atoms with van der Waals surface area (Å²) in [5, 5.41) is 8.45. The molecule has 0 radical (unpaired) electrons. The molecule has 0 amide bonds. The molecule has 0 N–H and O–H groups in total. The molecule has 3 aromatic heterocycles. The minimum absolute atomic E-state index is 0.496. The van der Waals surface area contributed by atoms with E-state index >= 15 is 0 Å². The Morgan fingerprint density at radius 1 is 1.08 bits per heavy atom. The van der Waals surface area contributed by atoms with Gasteiger partial charge in [0, 0.05) is 44.8 Å². The Morgan fingerprint density at radius 3 is 2.67 bits per heavy atom. The lowest BCUT2D eigenvalue weighted by atomic mass is 10.0. The summed E-state index contributed by atoms with van der Waals surface area (Å²) in [6.07, 6.45) is 7.73. The predicted molar refractivity (Wildman–Crippen MR) is 93.4 cm³/mol. The highest BCUT2D eigenvalue weighted by molar-refractivity contribution is 5.64. The van der Waals surface area contributed by atoms with E-state index in [1.807, 2.05) is 42.0 Å². The van der Waals surface area contributed by atoms with Gasteiger partial charge in [-0.15, -0.1) is 10.2 Å². The fourth-order valence-electron chi connectivity index (χ4n) is 3.37. The van der Waals surface area contributed by atoms with Crippen LogP contribution >= 0.6 is 0 Å². The average Bonchev–Trinajstić information content (AvgIpc) is 3.03. The summed E-state index contributed by atoms with van der Waals surface area (Å²) in [6, 6.07) is 6.54. The highest BCUT2D eigenvalue weighted by Crippen LogP contribution is 2.25. The molecule has 0 saturated carbocycles. The second kappa shape index (κ2) is 6.07. The van der Waals surface area contributed by atoms with Gasteiger partial charge in [-0.05, 0) is 31.9 Å². The van der Waals surface area contributed by atoms with Crippen molar-refractivity contribution in [2.75, 3.05) is 29.9 Å². The number of fused-ring (bicyclic) bond motifs is 1. The minimum atomic E-state index is 0.496. The number of aryl methyl sites for hydroxylation is 1. The van der Waals surface area contributed by atoms with Crippen LogP contribution in [0.4, 0.5) is 11.6 Å². The van der Waals surface area contributed by atoms with Crippen molar-refractivity contribution in [1.82, 2.24) is 24.6 Å². The first-order valence-corrected chi connectivity index (χ1v) is 8.29. The van der Waals surface area contributed by atoms with E-state index < -0.39 is 0 Å². The van der Waals surface area contributed by atoms with Crippen molar-refractivity contribution in [3.8, 4) is 0 Å². The molecule has 24 heavy (non-hydrogen) atoms. The molecule has 0 bridgehead atoms. The lowest BCUT2D eigenvalue weighted by Crippen LogP contribution is -2.44. The maximum atomic E-state index is 4.55. The molecule has 4 heterocycles. The summed E-state index contributed by atoms with van der Waals surface area (Å²) in [5.41, 5.74) is 0.839. The van der Waals surface area contributed by atoms with Gasteiger partial charge in [-0.1, -0.05) is 6.07 Å². The molecule has 0 unspecified atom stereocenters. The van der Waals surface area contributed by atoms with Crippen molar-refractivity contribution < 1.29 is 0 Å². The van der Waals surface area contributed by atoms with Gasteiger partial charge < -0.3 is 9.80 Å². The first-order valence-electron chi connectivity index (χ1n) is 8.29. The first kappa shape index (κ1) is 14.9. The third-order valence-corrected chi connectivity index (χ3v) is 4.80. The summed E-state index contributed by atoms with van der Waals surface area (Å²) < 4.78 is 1.99. The molecule has 0 aromatic carbocycles. The lowest BCUT2D eigenvalue weighted by molar-refractivity contribution is 0.478. The molecule has 7 heteroatoms. The number of aromatic nitrogens is 5. The van der Waals surface area contributed by atoms with Gasteiger partial charge in [0.25, 0.3) is 0 Å². The highest BCUT2D eigenvalue weighted by atomic mass is 15.3. The maximum absolute atomic E-state index is 4.55. The molecule has 0 aliphatic carbocycles. The number of anilines is 2. The van der Waals surface area contributed by atoms with E-state index in [2.05, 4.69) is 43.1 Å². The number of nitrogens with zero attached hydrogens (tertiary/aromatic N) is 7. The number of hydrogen-bond donors (Lipinski definition) is 0. The summed E-state index contributed by atoms with van der Waals surface area (Å²) in [7, 11) is 2.13. The van der Waals surface area contributed by atoms with Gasteiger partial charge in [-0.25, -0.2) is 9.97 Å². The SMILES string of the molecule is Cc1nnc2c(N3CCC(N(C)c4ccccn4)CC3)nccn12. The predicted octanol–water partition coefficient (Wildman–Crippen LogP) is 1.93. The third-order valence-electron chi connectivity index (χ3n) is 4.80. The van der Waals surface area contributed by atoms with Gasteiger partial charge in [0.2, 0.25) is 5.65 Å². The number of pyridine rings is 1. The molecule has 1 aliphatic rings. The number of rotatable bonds is 3. The lowest BCUT2D eigenvalue weighted by Gasteiger charge is -2.37. The van der Waals surface area contributed by atoms with Crippen molar-refractivity contribution in [3.63, 3.8) is 0 Å². The van der Waals surface area contributed by atoms with Crippen LogP contribution in [0.5, 0.6) is 0 Å². The van der Waals surface area contributed by atoms with E-state index in [9.17, 15) is 0 Å². The van der Waals surface area contributed by atoms with Crippen LogP contribution in [0.15, 0.2) is 36.8 Å². The largest absolute Gasteiger partial charge is 0.357 e. The highest BCUT2D eigenvalue weighted by Gasteiger charge is 2.25. The Balaban J connectivity index is 1.50. The summed E-state index contributed by atoms with van der Waals surface area (Å²) in [4.78, 5) is 13.6. The Kier molecular flexibility index (Phi) is 3.76. The second-order valence-corrected chi connectivity index (χ2v) is 6.21. The van der Waals surface area contributed by atoms with Crippen LogP contribution in [0.3, 0.4) is 0 Å². The Bertz CT molecular complexity index is 821. The van der Waals surface area contributed by atoms with Crippen LogP contribution in [-0.2, 0) is 0 Å². The smallest absolute Gasteiger partial charge is 0.203 e. The van der Waals surface area contributed by atoms with E-state index in [4.69, 9.17) is 0 Å². The zero-order valence-corrected chi connectivity index (χ0v) is 14.0.